The second-order valence-corrected chi connectivity index (χ2v) is 5.43. The van der Waals surface area contributed by atoms with Gasteiger partial charge in [-0.25, -0.2) is 8.78 Å². The van der Waals surface area contributed by atoms with Crippen molar-refractivity contribution in [3.63, 3.8) is 0 Å². The van der Waals surface area contributed by atoms with E-state index < -0.39 is 17.4 Å². The highest BCUT2D eigenvalue weighted by Gasteiger charge is 2.14. The molecule has 1 rings (SSSR count). The Morgan fingerprint density at radius 3 is 2.31 bits per heavy atom. The fourth-order valence-corrected chi connectivity index (χ4v) is 1.73. The molecule has 0 heterocycles. The topological polar surface area (TPSA) is 18.5 Å². The lowest BCUT2D eigenvalue weighted by Crippen LogP contribution is -1.94. The van der Waals surface area contributed by atoms with Gasteiger partial charge in [-0.15, -0.1) is 0 Å². The number of methoxy groups -OCH3 is 1. The average molecular weight is 362 g/mol. The van der Waals surface area contributed by atoms with Gasteiger partial charge in [0.2, 0.25) is 5.83 Å². The Kier molecular flexibility index (Phi) is 7.72. The largest absolute Gasteiger partial charge is 0.494 e. The first kappa shape index (κ1) is 21.1. The normalized spacial score (nSPS) is 11.7. The maximum Gasteiger partial charge on any atom is 0.200 e. The fourth-order valence-electron chi connectivity index (χ4n) is 1.73. The number of aryl methyl sites for hydroxylation is 1. The van der Waals surface area contributed by atoms with E-state index in [0.717, 1.165) is 0 Å². The second-order valence-electron chi connectivity index (χ2n) is 5.43. The van der Waals surface area contributed by atoms with Crippen LogP contribution in [-0.4, -0.2) is 7.11 Å². The number of hydrogen-bond acceptors (Lipinski definition) is 2. The summed E-state index contributed by atoms with van der Waals surface area (Å²) in [6.45, 7) is 15.7. The molecule has 0 amide bonds. The van der Waals surface area contributed by atoms with E-state index >= 15 is 0 Å². The second kappa shape index (κ2) is 9.51. The molecule has 5 heteroatoms. The van der Waals surface area contributed by atoms with Gasteiger partial charge in [0.1, 0.15) is 23.9 Å². The Morgan fingerprint density at radius 1 is 1.08 bits per heavy atom. The first-order valence-corrected chi connectivity index (χ1v) is 7.59. The van der Waals surface area contributed by atoms with Gasteiger partial charge in [-0.1, -0.05) is 44.5 Å². The highest BCUT2D eigenvalue weighted by Crippen LogP contribution is 2.26. The summed E-state index contributed by atoms with van der Waals surface area (Å²) in [4.78, 5) is 0. The number of halogens is 3. The molecule has 0 N–H and O–H groups in total. The predicted molar refractivity (Wildman–Crippen MR) is 97.9 cm³/mol. The first-order chi connectivity index (χ1) is 12.2. The molecule has 1 aromatic carbocycles. The molecule has 0 aliphatic carbocycles. The molecule has 0 unspecified atom stereocenters. The molecule has 0 aliphatic heterocycles. The summed E-state index contributed by atoms with van der Waals surface area (Å²) in [5, 5.41) is 0. The molecule has 0 saturated carbocycles. The monoisotopic (exact) mass is 362 g/mol. The Labute approximate surface area is 151 Å². The third kappa shape index (κ3) is 5.84. The van der Waals surface area contributed by atoms with E-state index in [-0.39, 0.29) is 29.3 Å². The summed E-state index contributed by atoms with van der Waals surface area (Å²) in [6, 6.07) is 4.76. The van der Waals surface area contributed by atoms with Gasteiger partial charge in [0, 0.05) is 5.57 Å². The molecule has 0 fully saturated rings. The molecule has 1 aromatic rings. The van der Waals surface area contributed by atoms with Crippen LogP contribution in [0, 0.1) is 12.7 Å². The van der Waals surface area contributed by atoms with Crippen molar-refractivity contribution in [2.45, 2.75) is 13.5 Å². The molecule has 0 aliphatic rings. The number of allylic oxidation sites excluding steroid dienone is 6. The Bertz CT molecular complexity index is 801. The van der Waals surface area contributed by atoms with Gasteiger partial charge in [0.05, 0.1) is 7.11 Å². The zero-order valence-corrected chi connectivity index (χ0v) is 14.9. The third-order valence-corrected chi connectivity index (χ3v) is 3.47. The summed E-state index contributed by atoms with van der Waals surface area (Å²) >= 11 is 0. The molecule has 0 spiro atoms. The van der Waals surface area contributed by atoms with Crippen LogP contribution in [-0.2, 0) is 16.1 Å². The van der Waals surface area contributed by atoms with E-state index in [1.165, 1.54) is 25.3 Å². The SMILES string of the molecule is C=C(/C=C\C(=C)C(=C)/C(F)=C(/F)C(=C)OC)OCc1ccc(C)c(F)c1. The molecule has 138 valence electrons. The zero-order valence-electron chi connectivity index (χ0n) is 14.9. The van der Waals surface area contributed by atoms with Crippen LogP contribution in [0.4, 0.5) is 13.2 Å². The van der Waals surface area contributed by atoms with Crippen LogP contribution in [0.2, 0.25) is 0 Å². The first-order valence-electron chi connectivity index (χ1n) is 7.59. The Balaban J connectivity index is 2.66. The standard InChI is InChI=1S/C21H21F3O2/c1-13(16(4)20(23)21(24)17(5)25-6)7-9-15(3)26-12-18-10-8-14(2)19(22)11-18/h7-11H,1,3-5,12H2,2,6H3/b9-7-,21-20-. The summed E-state index contributed by atoms with van der Waals surface area (Å²) in [5.74, 6) is -2.99. The minimum atomic E-state index is -1.25. The number of benzene rings is 1. The highest BCUT2D eigenvalue weighted by molar-refractivity contribution is 5.49. The summed E-state index contributed by atoms with van der Waals surface area (Å²) in [6.07, 6.45) is 2.80. The van der Waals surface area contributed by atoms with E-state index in [1.54, 1.807) is 19.1 Å². The van der Waals surface area contributed by atoms with Gasteiger partial charge in [0.15, 0.2) is 5.83 Å². The number of ether oxygens (including phenoxy) is 2. The van der Waals surface area contributed by atoms with Gasteiger partial charge in [-0.2, -0.15) is 4.39 Å². The van der Waals surface area contributed by atoms with E-state index in [9.17, 15) is 13.2 Å². The van der Waals surface area contributed by atoms with Gasteiger partial charge < -0.3 is 9.47 Å². The van der Waals surface area contributed by atoms with Gasteiger partial charge in [-0.05, 0) is 35.8 Å². The van der Waals surface area contributed by atoms with Crippen molar-refractivity contribution in [2.75, 3.05) is 7.11 Å². The number of hydrogen-bond donors (Lipinski definition) is 0. The Morgan fingerprint density at radius 2 is 1.73 bits per heavy atom. The van der Waals surface area contributed by atoms with Crippen LogP contribution in [0.3, 0.4) is 0 Å². The molecule has 2 nitrogen and oxygen atoms in total. The van der Waals surface area contributed by atoms with E-state index in [2.05, 4.69) is 31.1 Å². The molecule has 0 radical (unpaired) electrons. The lowest BCUT2D eigenvalue weighted by molar-refractivity contribution is 0.212. The van der Waals surface area contributed by atoms with Gasteiger partial charge >= 0.3 is 0 Å². The van der Waals surface area contributed by atoms with Crippen LogP contribution in [0.5, 0.6) is 0 Å². The average Bonchev–Trinajstić information content (AvgIpc) is 2.64. The van der Waals surface area contributed by atoms with Crippen LogP contribution in [0.1, 0.15) is 11.1 Å². The van der Waals surface area contributed by atoms with Crippen molar-refractivity contribution in [1.29, 1.82) is 0 Å². The molecule has 0 aromatic heterocycles. The maximum atomic E-state index is 13.9. The van der Waals surface area contributed by atoms with Crippen LogP contribution < -0.4 is 0 Å². The molecule has 0 saturated heterocycles. The zero-order chi connectivity index (χ0) is 19.9. The highest BCUT2D eigenvalue weighted by atomic mass is 19.2. The number of rotatable bonds is 9. The molecular formula is C21H21F3O2. The quantitative estimate of drug-likeness (QED) is 0.388. The molecule has 26 heavy (non-hydrogen) atoms. The van der Waals surface area contributed by atoms with Gasteiger partial charge in [0.25, 0.3) is 0 Å². The molecule has 0 atom stereocenters. The predicted octanol–water partition coefficient (Wildman–Crippen LogP) is 6.14. The van der Waals surface area contributed by atoms with Crippen LogP contribution in [0.25, 0.3) is 0 Å². The molecular weight excluding hydrogens is 341 g/mol. The fraction of sp³-hybridized carbons (Fsp3) is 0.143. The van der Waals surface area contributed by atoms with Crippen molar-refractivity contribution in [3.8, 4) is 0 Å². The minimum absolute atomic E-state index is 0.115. The minimum Gasteiger partial charge on any atom is -0.494 e. The molecule has 0 bridgehead atoms. The van der Waals surface area contributed by atoms with Crippen LogP contribution in [0.15, 0.2) is 91.0 Å². The van der Waals surface area contributed by atoms with Crippen molar-refractivity contribution >= 4 is 0 Å². The van der Waals surface area contributed by atoms with E-state index in [1.807, 2.05) is 0 Å². The lowest BCUT2D eigenvalue weighted by Gasteiger charge is -2.08. The van der Waals surface area contributed by atoms with Gasteiger partial charge in [-0.3, -0.25) is 0 Å². The maximum absolute atomic E-state index is 13.9. The van der Waals surface area contributed by atoms with Crippen molar-refractivity contribution < 1.29 is 22.6 Å². The van der Waals surface area contributed by atoms with Crippen molar-refractivity contribution in [3.05, 3.63) is 108 Å². The van der Waals surface area contributed by atoms with Crippen molar-refractivity contribution in [2.24, 2.45) is 0 Å². The van der Waals surface area contributed by atoms with Crippen molar-refractivity contribution in [1.82, 2.24) is 0 Å². The van der Waals surface area contributed by atoms with Crippen LogP contribution >= 0.6 is 0 Å². The summed E-state index contributed by atoms with van der Waals surface area (Å²) in [7, 11) is 1.17. The smallest absolute Gasteiger partial charge is 0.200 e. The Hall–Kier alpha value is -2.95. The van der Waals surface area contributed by atoms with E-state index in [0.29, 0.717) is 11.1 Å². The van der Waals surface area contributed by atoms with E-state index in [4.69, 9.17) is 4.74 Å². The third-order valence-electron chi connectivity index (χ3n) is 3.47. The summed E-state index contributed by atoms with van der Waals surface area (Å²) < 4.78 is 51.0. The lowest BCUT2D eigenvalue weighted by atomic mass is 10.1. The summed E-state index contributed by atoms with van der Waals surface area (Å²) in [5.41, 5.74) is 1.04.